The van der Waals surface area contributed by atoms with Gasteiger partial charge in [-0.3, -0.25) is 4.79 Å². The first-order valence-corrected chi connectivity index (χ1v) is 9.33. The van der Waals surface area contributed by atoms with Gasteiger partial charge in [-0.2, -0.15) is 0 Å². The van der Waals surface area contributed by atoms with Gasteiger partial charge >= 0.3 is 0 Å². The summed E-state index contributed by atoms with van der Waals surface area (Å²) in [6.45, 7) is 6.48. The van der Waals surface area contributed by atoms with Crippen molar-refractivity contribution in [1.29, 1.82) is 0 Å². The molecule has 0 heterocycles. The maximum absolute atomic E-state index is 12.5. The number of ketones is 1. The molecule has 0 saturated carbocycles. The van der Waals surface area contributed by atoms with Gasteiger partial charge in [0.05, 0.1) is 0 Å². The first-order chi connectivity index (χ1) is 12.4. The number of carbonyl (C=O) groups is 1. The predicted octanol–water partition coefficient (Wildman–Crippen LogP) is 6.03. The number of phenolic OH excluding ortho intramolecular Hbond substituents is 1. The molecule has 0 spiro atoms. The van der Waals surface area contributed by atoms with E-state index in [9.17, 15) is 9.90 Å². The average Bonchev–Trinajstić information content (AvgIpc) is 2.64. The molecule has 3 aromatic carbocycles. The van der Waals surface area contributed by atoms with Crippen LogP contribution in [0.4, 0.5) is 0 Å². The van der Waals surface area contributed by atoms with Crippen LogP contribution in [0.25, 0.3) is 21.9 Å². The van der Waals surface area contributed by atoms with Crippen LogP contribution in [0.3, 0.4) is 0 Å². The van der Waals surface area contributed by atoms with E-state index in [1.165, 1.54) is 0 Å². The average molecular weight is 344 g/mol. The van der Waals surface area contributed by atoms with Crippen LogP contribution in [0.2, 0.25) is 0 Å². The number of aromatic hydroxyl groups is 1. The zero-order valence-corrected chi connectivity index (χ0v) is 15.6. The monoisotopic (exact) mass is 344 g/mol. The van der Waals surface area contributed by atoms with Gasteiger partial charge < -0.3 is 5.11 Å². The topological polar surface area (TPSA) is 37.3 Å². The fraction of sp³-hybridized carbons (Fsp3) is 0.292. The summed E-state index contributed by atoms with van der Waals surface area (Å²) < 4.78 is 0. The first kappa shape index (κ1) is 16.8. The summed E-state index contributed by atoms with van der Waals surface area (Å²) in [5.41, 5.74) is 5.25. The Morgan fingerprint density at radius 3 is 2.50 bits per heavy atom. The SMILES string of the molecule is CCc1c(O)ccc2cc(-c3ccc4c(c3)C(=O)CCC4(C)C)ccc12. The Hall–Kier alpha value is -2.61. The first-order valence-electron chi connectivity index (χ1n) is 9.33. The van der Waals surface area contributed by atoms with E-state index < -0.39 is 0 Å². The molecule has 2 heteroatoms. The molecule has 0 aliphatic heterocycles. The second-order valence-corrected chi connectivity index (χ2v) is 7.92. The number of carbonyl (C=O) groups excluding carboxylic acids is 1. The molecule has 26 heavy (non-hydrogen) atoms. The van der Waals surface area contributed by atoms with Crippen LogP contribution in [0.5, 0.6) is 5.75 Å². The summed E-state index contributed by atoms with van der Waals surface area (Å²) >= 11 is 0. The fourth-order valence-electron chi connectivity index (χ4n) is 4.17. The molecule has 0 bridgehead atoms. The molecule has 2 nitrogen and oxygen atoms in total. The molecule has 1 N–H and O–H groups in total. The van der Waals surface area contributed by atoms with Gasteiger partial charge in [0, 0.05) is 17.5 Å². The Kier molecular flexibility index (Phi) is 3.87. The Morgan fingerprint density at radius 1 is 1.00 bits per heavy atom. The van der Waals surface area contributed by atoms with Crippen LogP contribution >= 0.6 is 0 Å². The van der Waals surface area contributed by atoms with Crippen molar-refractivity contribution >= 4 is 16.6 Å². The molecule has 132 valence electrons. The summed E-state index contributed by atoms with van der Waals surface area (Å²) in [7, 11) is 0. The van der Waals surface area contributed by atoms with Gasteiger partial charge in [-0.05, 0) is 63.9 Å². The van der Waals surface area contributed by atoms with E-state index in [-0.39, 0.29) is 11.2 Å². The number of benzene rings is 3. The minimum absolute atomic E-state index is 0.0543. The minimum Gasteiger partial charge on any atom is -0.508 e. The molecule has 0 radical (unpaired) electrons. The maximum atomic E-state index is 12.5. The third kappa shape index (κ3) is 2.61. The van der Waals surface area contributed by atoms with Gasteiger partial charge in [0.15, 0.2) is 5.78 Å². The molecular formula is C24H24O2. The van der Waals surface area contributed by atoms with Crippen molar-refractivity contribution in [2.45, 2.75) is 45.4 Å². The van der Waals surface area contributed by atoms with Gasteiger partial charge in [0.2, 0.25) is 0 Å². The molecule has 0 fully saturated rings. The summed E-state index contributed by atoms with van der Waals surface area (Å²) in [5, 5.41) is 12.3. The van der Waals surface area contributed by atoms with Crippen molar-refractivity contribution < 1.29 is 9.90 Å². The Bertz CT molecular complexity index is 1030. The highest BCUT2D eigenvalue weighted by Gasteiger charge is 2.31. The molecule has 1 aliphatic rings. The van der Waals surface area contributed by atoms with Crippen LogP contribution in [0.1, 0.15) is 55.1 Å². The standard InChI is InChI=1S/C24H24O2/c1-4-18-19-8-5-15(13-17(19)7-10-22(18)25)16-6-9-21-20(14-16)23(26)11-12-24(21,2)3/h5-10,13-14,25H,4,11-12H2,1-3H3. The number of Topliss-reactive ketones (excluding diaryl/α,β-unsaturated/α-hetero) is 1. The van der Waals surface area contributed by atoms with Gasteiger partial charge in [0.1, 0.15) is 5.75 Å². The summed E-state index contributed by atoms with van der Waals surface area (Å²) in [6.07, 6.45) is 2.34. The summed E-state index contributed by atoms with van der Waals surface area (Å²) in [5.74, 6) is 0.606. The Morgan fingerprint density at radius 2 is 1.73 bits per heavy atom. The molecule has 0 amide bonds. The molecular weight excluding hydrogens is 320 g/mol. The molecule has 3 aromatic rings. The van der Waals surface area contributed by atoms with Crippen molar-refractivity contribution in [2.75, 3.05) is 0 Å². The van der Waals surface area contributed by atoms with Crippen molar-refractivity contribution in [2.24, 2.45) is 0 Å². The highest BCUT2D eigenvalue weighted by atomic mass is 16.3. The van der Waals surface area contributed by atoms with Crippen LogP contribution < -0.4 is 0 Å². The summed E-state index contributed by atoms with van der Waals surface area (Å²) in [6, 6.07) is 16.3. The van der Waals surface area contributed by atoms with E-state index >= 15 is 0 Å². The largest absolute Gasteiger partial charge is 0.508 e. The minimum atomic E-state index is 0.0543. The van der Waals surface area contributed by atoms with Gasteiger partial charge in [-0.15, -0.1) is 0 Å². The second-order valence-electron chi connectivity index (χ2n) is 7.92. The zero-order chi connectivity index (χ0) is 18.5. The molecule has 1 aliphatic carbocycles. The number of hydrogen-bond acceptors (Lipinski definition) is 2. The number of aryl methyl sites for hydroxylation is 1. The molecule has 4 rings (SSSR count). The highest BCUT2D eigenvalue weighted by Crippen LogP contribution is 2.39. The maximum Gasteiger partial charge on any atom is 0.163 e. The van der Waals surface area contributed by atoms with Gasteiger partial charge in [0.25, 0.3) is 0 Å². The van der Waals surface area contributed by atoms with Crippen molar-refractivity contribution in [3.63, 3.8) is 0 Å². The van der Waals surface area contributed by atoms with Crippen LogP contribution in [0, 0.1) is 0 Å². The van der Waals surface area contributed by atoms with Crippen molar-refractivity contribution in [1.82, 2.24) is 0 Å². The van der Waals surface area contributed by atoms with Crippen molar-refractivity contribution in [3.05, 3.63) is 65.2 Å². The number of fused-ring (bicyclic) bond motifs is 2. The van der Waals surface area contributed by atoms with Gasteiger partial charge in [-0.25, -0.2) is 0 Å². The van der Waals surface area contributed by atoms with E-state index in [1.54, 1.807) is 6.07 Å². The number of hydrogen-bond donors (Lipinski definition) is 1. The third-order valence-corrected chi connectivity index (χ3v) is 5.82. The van der Waals surface area contributed by atoms with Crippen LogP contribution in [-0.2, 0) is 11.8 Å². The highest BCUT2D eigenvalue weighted by molar-refractivity contribution is 6.00. The van der Waals surface area contributed by atoms with Crippen LogP contribution in [-0.4, -0.2) is 10.9 Å². The third-order valence-electron chi connectivity index (χ3n) is 5.82. The summed E-state index contributed by atoms with van der Waals surface area (Å²) in [4.78, 5) is 12.5. The van der Waals surface area contributed by atoms with E-state index in [2.05, 4.69) is 57.2 Å². The normalized spacial score (nSPS) is 15.9. The zero-order valence-electron chi connectivity index (χ0n) is 15.6. The molecule has 0 atom stereocenters. The quantitative estimate of drug-likeness (QED) is 0.616. The number of rotatable bonds is 2. The molecule has 0 unspecified atom stereocenters. The lowest BCUT2D eigenvalue weighted by molar-refractivity contribution is 0.0957. The lowest BCUT2D eigenvalue weighted by Crippen LogP contribution is -2.27. The Labute approximate surface area is 154 Å². The lowest BCUT2D eigenvalue weighted by atomic mass is 9.72. The van der Waals surface area contributed by atoms with Crippen molar-refractivity contribution in [3.8, 4) is 16.9 Å². The smallest absolute Gasteiger partial charge is 0.163 e. The lowest BCUT2D eigenvalue weighted by Gasteiger charge is -2.32. The van der Waals surface area contributed by atoms with Crippen LogP contribution in [0.15, 0.2) is 48.5 Å². The number of phenols is 1. The van der Waals surface area contributed by atoms with E-state index in [4.69, 9.17) is 0 Å². The second kappa shape index (κ2) is 5.98. The van der Waals surface area contributed by atoms with E-state index in [1.807, 2.05) is 6.07 Å². The van der Waals surface area contributed by atoms with Gasteiger partial charge in [-0.1, -0.05) is 51.1 Å². The Balaban J connectivity index is 1.85. The van der Waals surface area contributed by atoms with E-state index in [0.717, 1.165) is 51.4 Å². The predicted molar refractivity (Wildman–Crippen MR) is 107 cm³/mol. The van der Waals surface area contributed by atoms with E-state index in [0.29, 0.717) is 12.2 Å². The molecule has 0 aromatic heterocycles. The fourth-order valence-corrected chi connectivity index (χ4v) is 4.17. The molecule has 0 saturated heterocycles.